The summed E-state index contributed by atoms with van der Waals surface area (Å²) in [5, 5.41) is 14.5. The molecule has 1 aromatic heterocycles. The van der Waals surface area contributed by atoms with Crippen LogP contribution in [0.15, 0.2) is 84.1 Å². The molecule has 0 aliphatic carbocycles. The van der Waals surface area contributed by atoms with Gasteiger partial charge in [0.2, 0.25) is 0 Å². The molecule has 0 saturated carbocycles. The highest BCUT2D eigenvalue weighted by molar-refractivity contribution is 6.19. The van der Waals surface area contributed by atoms with Gasteiger partial charge in [-0.1, -0.05) is 31.2 Å². The monoisotopic (exact) mass is 492 g/mol. The van der Waals surface area contributed by atoms with E-state index in [4.69, 9.17) is 9.84 Å². The van der Waals surface area contributed by atoms with Gasteiger partial charge in [0.25, 0.3) is 11.8 Å². The molecule has 2 amide bonds. The highest BCUT2D eigenvalue weighted by atomic mass is 16.5. The topological polar surface area (TPSA) is 88.2 Å². The van der Waals surface area contributed by atoms with Crippen LogP contribution in [0.4, 0.5) is 0 Å². The van der Waals surface area contributed by atoms with Crippen molar-refractivity contribution in [3.8, 4) is 28.8 Å². The third-order valence-electron chi connectivity index (χ3n) is 6.11. The lowest BCUT2D eigenvalue weighted by Crippen LogP contribution is -2.42. The second-order valence-electron chi connectivity index (χ2n) is 8.72. The van der Waals surface area contributed by atoms with Crippen LogP contribution in [-0.4, -0.2) is 39.6 Å². The molecule has 0 radical (unpaired) electrons. The first kappa shape index (κ1) is 25.4. The van der Waals surface area contributed by atoms with Gasteiger partial charge in [-0.15, -0.1) is 6.58 Å². The Balaban J connectivity index is 1.89. The number of amides is 2. The van der Waals surface area contributed by atoms with Gasteiger partial charge in [-0.2, -0.15) is 10.4 Å². The smallest absolute Gasteiger partial charge is 0.271 e. The maximum Gasteiger partial charge on any atom is 0.271 e. The third kappa shape index (κ3) is 5.00. The number of carbonyl (C=O) groups is 2. The Kier molecular flexibility index (Phi) is 7.49. The zero-order valence-corrected chi connectivity index (χ0v) is 21.2. The molecule has 1 aliphatic rings. The maximum atomic E-state index is 13.3. The molecular formula is C30H28N4O3. The molecule has 2 heterocycles. The number of rotatable bonds is 8. The van der Waals surface area contributed by atoms with E-state index in [1.807, 2.05) is 67.7 Å². The van der Waals surface area contributed by atoms with Crippen molar-refractivity contribution in [1.82, 2.24) is 14.7 Å². The molecule has 1 aliphatic heterocycles. The number of benzene rings is 2. The fourth-order valence-corrected chi connectivity index (χ4v) is 4.18. The summed E-state index contributed by atoms with van der Waals surface area (Å²) in [5.74, 6) is -0.272. The number of imide groups is 1. The predicted octanol–water partition coefficient (Wildman–Crippen LogP) is 5.41. The number of carbonyl (C=O) groups excluding carboxylic acids is 2. The van der Waals surface area contributed by atoms with Gasteiger partial charge in [0.05, 0.1) is 18.0 Å². The number of nitrogens with zero attached hydrogens (tertiary/aromatic N) is 4. The summed E-state index contributed by atoms with van der Waals surface area (Å²) in [6.07, 6.45) is 5.93. The van der Waals surface area contributed by atoms with Crippen LogP contribution >= 0.6 is 0 Å². The molecule has 4 rings (SSSR count). The van der Waals surface area contributed by atoms with Gasteiger partial charge in [-0.05, 0) is 67.8 Å². The van der Waals surface area contributed by atoms with Crippen LogP contribution in [0, 0.1) is 18.3 Å². The fraction of sp³-hybridized carbons (Fsp3) is 0.200. The normalized spacial score (nSPS) is 14.8. The number of aryl methyl sites for hydroxylation is 1. The van der Waals surface area contributed by atoms with E-state index in [0.29, 0.717) is 23.4 Å². The highest BCUT2D eigenvalue weighted by Crippen LogP contribution is 2.33. The molecule has 3 aromatic rings. The van der Waals surface area contributed by atoms with Gasteiger partial charge >= 0.3 is 0 Å². The van der Waals surface area contributed by atoms with Crippen LogP contribution in [0.1, 0.15) is 31.4 Å². The van der Waals surface area contributed by atoms with Gasteiger partial charge in [-0.3, -0.25) is 14.5 Å². The number of para-hydroxylation sites is 1. The van der Waals surface area contributed by atoms with Gasteiger partial charge in [0.1, 0.15) is 17.4 Å². The van der Waals surface area contributed by atoms with Gasteiger partial charge in [0.15, 0.2) is 0 Å². The number of hydrogen-bond donors (Lipinski definition) is 0. The van der Waals surface area contributed by atoms with E-state index < -0.39 is 11.8 Å². The van der Waals surface area contributed by atoms with Crippen molar-refractivity contribution in [1.29, 1.82) is 5.26 Å². The molecule has 0 atom stereocenters. The SMILES string of the molecule is C=CCN1C(=O)C(C#N)=C(C)/C(=C\c2cn(-c3ccccc3)nc2-c2ccc(OCCC)c(C)c2)C1=O. The van der Waals surface area contributed by atoms with Crippen molar-refractivity contribution in [2.24, 2.45) is 0 Å². The Hall–Kier alpha value is -4.70. The average molecular weight is 493 g/mol. The molecule has 7 heteroatoms. The molecule has 0 unspecified atom stereocenters. The maximum absolute atomic E-state index is 13.3. The van der Waals surface area contributed by atoms with Gasteiger partial charge in [0, 0.05) is 29.4 Å². The van der Waals surface area contributed by atoms with Crippen molar-refractivity contribution in [3.63, 3.8) is 0 Å². The van der Waals surface area contributed by atoms with Crippen LogP contribution in [0.3, 0.4) is 0 Å². The second-order valence-corrected chi connectivity index (χ2v) is 8.72. The van der Waals surface area contributed by atoms with E-state index in [1.165, 1.54) is 6.08 Å². The minimum Gasteiger partial charge on any atom is -0.493 e. The molecular weight excluding hydrogens is 464 g/mol. The Labute approximate surface area is 216 Å². The quantitative estimate of drug-likeness (QED) is 0.238. The van der Waals surface area contributed by atoms with Gasteiger partial charge < -0.3 is 4.74 Å². The van der Waals surface area contributed by atoms with Crippen molar-refractivity contribution in [2.75, 3.05) is 13.2 Å². The Morgan fingerprint density at radius 1 is 1.11 bits per heavy atom. The van der Waals surface area contributed by atoms with Crippen LogP contribution in [0.2, 0.25) is 0 Å². The van der Waals surface area contributed by atoms with Gasteiger partial charge in [-0.25, -0.2) is 4.68 Å². The summed E-state index contributed by atoms with van der Waals surface area (Å²) in [6.45, 7) is 9.95. The summed E-state index contributed by atoms with van der Waals surface area (Å²) >= 11 is 0. The van der Waals surface area contributed by atoms with Crippen molar-refractivity contribution < 1.29 is 14.3 Å². The van der Waals surface area contributed by atoms with Crippen LogP contribution in [0.25, 0.3) is 23.0 Å². The number of ether oxygens (including phenoxy) is 1. The Morgan fingerprint density at radius 3 is 2.51 bits per heavy atom. The third-order valence-corrected chi connectivity index (χ3v) is 6.11. The van der Waals surface area contributed by atoms with Crippen LogP contribution in [0.5, 0.6) is 5.75 Å². The average Bonchev–Trinajstić information content (AvgIpc) is 3.33. The summed E-state index contributed by atoms with van der Waals surface area (Å²) in [6, 6.07) is 17.5. The number of aromatic nitrogens is 2. The molecule has 186 valence electrons. The number of hydrogen-bond acceptors (Lipinski definition) is 5. The molecule has 0 saturated heterocycles. The van der Waals surface area contributed by atoms with E-state index in [9.17, 15) is 14.9 Å². The lowest BCUT2D eigenvalue weighted by atomic mass is 9.93. The first-order valence-corrected chi connectivity index (χ1v) is 12.1. The molecule has 2 aromatic carbocycles. The summed E-state index contributed by atoms with van der Waals surface area (Å²) in [5.41, 5.74) is 4.58. The lowest BCUT2D eigenvalue weighted by molar-refractivity contribution is -0.139. The van der Waals surface area contributed by atoms with Crippen molar-refractivity contribution >= 4 is 17.9 Å². The Bertz CT molecular complexity index is 1470. The zero-order valence-electron chi connectivity index (χ0n) is 21.2. The largest absolute Gasteiger partial charge is 0.493 e. The molecule has 0 spiro atoms. The lowest BCUT2D eigenvalue weighted by Gasteiger charge is -2.26. The molecule has 37 heavy (non-hydrogen) atoms. The van der Waals surface area contributed by atoms with Crippen LogP contribution in [-0.2, 0) is 9.59 Å². The summed E-state index contributed by atoms with van der Waals surface area (Å²) in [4.78, 5) is 27.1. The van der Waals surface area contributed by atoms with Crippen LogP contribution < -0.4 is 4.74 Å². The fourth-order valence-electron chi connectivity index (χ4n) is 4.18. The summed E-state index contributed by atoms with van der Waals surface area (Å²) in [7, 11) is 0. The molecule has 0 N–H and O–H groups in total. The first-order valence-electron chi connectivity index (χ1n) is 12.1. The van der Waals surface area contributed by atoms with E-state index >= 15 is 0 Å². The predicted molar refractivity (Wildman–Crippen MR) is 143 cm³/mol. The number of nitriles is 1. The molecule has 0 bridgehead atoms. The summed E-state index contributed by atoms with van der Waals surface area (Å²) < 4.78 is 7.59. The van der Waals surface area contributed by atoms with Crippen molar-refractivity contribution in [3.05, 3.63) is 95.2 Å². The minimum absolute atomic E-state index is 0.0159. The first-order chi connectivity index (χ1) is 17.9. The zero-order chi connectivity index (χ0) is 26.5. The minimum atomic E-state index is -0.611. The highest BCUT2D eigenvalue weighted by Gasteiger charge is 2.35. The second kappa shape index (κ2) is 10.9. The molecule has 0 fully saturated rings. The Morgan fingerprint density at radius 2 is 1.86 bits per heavy atom. The van der Waals surface area contributed by atoms with E-state index in [-0.39, 0.29) is 17.7 Å². The standard InChI is InChI=1S/C30H28N4O3/c1-5-14-33-29(35)25(21(4)26(18-31)30(33)36)17-23-19-34(24-10-8-7-9-11-24)32-28(23)22-12-13-27(20(3)16-22)37-15-6-2/h5,7-13,16-17,19H,1,6,14-15H2,2-4H3/b25-17+. The van der Waals surface area contributed by atoms with Crippen molar-refractivity contribution in [2.45, 2.75) is 27.2 Å². The molecule has 7 nitrogen and oxygen atoms in total. The van der Waals surface area contributed by atoms with E-state index in [1.54, 1.807) is 17.7 Å². The van der Waals surface area contributed by atoms with E-state index in [0.717, 1.165) is 33.9 Å². The van der Waals surface area contributed by atoms with E-state index in [2.05, 4.69) is 13.5 Å².